The molecule has 1 heterocycles. The van der Waals surface area contributed by atoms with Gasteiger partial charge in [-0.05, 0) is 12.1 Å². The average Bonchev–Trinajstić information content (AvgIpc) is 2.79. The normalized spacial score (nSPS) is 9.84. The number of aromatic nitrogens is 2. The first kappa shape index (κ1) is 13.1. The van der Waals surface area contributed by atoms with E-state index in [1.165, 1.54) is 12.1 Å². The van der Waals surface area contributed by atoms with E-state index in [9.17, 15) is 4.39 Å². The smallest absolute Gasteiger partial charge is 0.128 e. The Hall–Kier alpha value is -2.32. The van der Waals surface area contributed by atoms with Crippen LogP contribution in [0.2, 0.25) is 0 Å². The molecular formula is C14H13FN2O2. The molecule has 0 amide bonds. The molecule has 19 heavy (non-hydrogen) atoms. The number of hydrogen-bond acceptors (Lipinski definition) is 3. The van der Waals surface area contributed by atoms with Crippen LogP contribution < -0.4 is 4.74 Å². The zero-order chi connectivity index (χ0) is 13.7. The van der Waals surface area contributed by atoms with Gasteiger partial charge in [0.15, 0.2) is 0 Å². The highest BCUT2D eigenvalue weighted by Gasteiger charge is 2.02. The van der Waals surface area contributed by atoms with Gasteiger partial charge in [-0.25, -0.2) is 4.39 Å². The van der Waals surface area contributed by atoms with Crippen LogP contribution >= 0.6 is 0 Å². The van der Waals surface area contributed by atoms with Crippen molar-refractivity contribution >= 4 is 0 Å². The van der Waals surface area contributed by atoms with Crippen LogP contribution in [0, 0.1) is 17.7 Å². The lowest BCUT2D eigenvalue weighted by atomic mass is 10.2. The molecule has 4 nitrogen and oxygen atoms in total. The molecule has 0 radical (unpaired) electrons. The summed E-state index contributed by atoms with van der Waals surface area (Å²) < 4.78 is 20.5. The predicted molar refractivity (Wildman–Crippen MR) is 67.9 cm³/mol. The molecule has 0 aliphatic rings. The number of nitrogens with zero attached hydrogens (tertiary/aromatic N) is 2. The highest BCUT2D eigenvalue weighted by Crippen LogP contribution is 2.17. The molecule has 0 atom stereocenters. The third-order valence-electron chi connectivity index (χ3n) is 2.35. The number of hydrogen-bond donors (Lipinski definition) is 1. The van der Waals surface area contributed by atoms with Crippen LogP contribution in [-0.2, 0) is 13.7 Å². The molecule has 1 aromatic heterocycles. The summed E-state index contributed by atoms with van der Waals surface area (Å²) in [6, 6.07) is 4.21. The maximum absolute atomic E-state index is 13.4. The van der Waals surface area contributed by atoms with Gasteiger partial charge in [-0.1, -0.05) is 11.8 Å². The first-order valence-electron chi connectivity index (χ1n) is 5.68. The summed E-state index contributed by atoms with van der Waals surface area (Å²) in [4.78, 5) is 0. The third kappa shape index (κ3) is 3.83. The summed E-state index contributed by atoms with van der Waals surface area (Å²) in [6.45, 7) is 0.0482. The summed E-state index contributed by atoms with van der Waals surface area (Å²) in [7, 11) is 1.81. The highest BCUT2D eigenvalue weighted by atomic mass is 19.1. The Morgan fingerprint density at radius 1 is 1.42 bits per heavy atom. The largest absolute Gasteiger partial charge is 0.489 e. The molecule has 0 bridgehead atoms. The predicted octanol–water partition coefficient (Wildman–Crippen LogP) is 1.48. The van der Waals surface area contributed by atoms with Crippen molar-refractivity contribution in [1.82, 2.24) is 9.78 Å². The van der Waals surface area contributed by atoms with Gasteiger partial charge in [0.1, 0.15) is 24.8 Å². The second-order valence-corrected chi connectivity index (χ2v) is 3.95. The molecule has 98 valence electrons. The number of ether oxygens (including phenoxy) is 1. The number of aryl methyl sites for hydroxylation is 1. The van der Waals surface area contributed by atoms with Gasteiger partial charge >= 0.3 is 0 Å². The molecule has 0 spiro atoms. The summed E-state index contributed by atoms with van der Waals surface area (Å²) in [5.41, 5.74) is 1.37. The monoisotopic (exact) mass is 260 g/mol. The number of halogens is 1. The van der Waals surface area contributed by atoms with Gasteiger partial charge in [-0.3, -0.25) is 4.68 Å². The van der Waals surface area contributed by atoms with Crippen molar-refractivity contribution in [1.29, 1.82) is 0 Å². The summed E-state index contributed by atoms with van der Waals surface area (Å²) >= 11 is 0. The van der Waals surface area contributed by atoms with Gasteiger partial charge in [0.2, 0.25) is 0 Å². The first-order chi connectivity index (χ1) is 9.17. The summed E-state index contributed by atoms with van der Waals surface area (Å²) in [5, 5.41) is 12.6. The Kier molecular flexibility index (Phi) is 4.16. The van der Waals surface area contributed by atoms with Gasteiger partial charge < -0.3 is 9.84 Å². The highest BCUT2D eigenvalue weighted by molar-refractivity contribution is 5.40. The van der Waals surface area contributed by atoms with Crippen molar-refractivity contribution in [3.8, 4) is 17.6 Å². The maximum atomic E-state index is 13.4. The lowest BCUT2D eigenvalue weighted by molar-refractivity contribution is 0.304. The van der Waals surface area contributed by atoms with Crippen LogP contribution in [0.5, 0.6) is 5.75 Å². The Morgan fingerprint density at radius 3 is 2.95 bits per heavy atom. The molecule has 5 heteroatoms. The van der Waals surface area contributed by atoms with Crippen LogP contribution in [0.1, 0.15) is 11.1 Å². The molecular weight excluding hydrogens is 247 g/mol. The number of aliphatic hydroxyl groups excluding tert-OH is 1. The molecule has 0 saturated carbocycles. The van der Waals surface area contributed by atoms with Gasteiger partial charge in [0.25, 0.3) is 0 Å². The van der Waals surface area contributed by atoms with E-state index in [-0.39, 0.29) is 6.61 Å². The van der Waals surface area contributed by atoms with Crippen LogP contribution in [0.4, 0.5) is 4.39 Å². The fourth-order valence-corrected chi connectivity index (χ4v) is 1.57. The molecule has 0 saturated heterocycles. The SMILES string of the molecule is Cn1cc(COc2cc(F)cc(C#CCO)c2)cn1. The van der Waals surface area contributed by atoms with E-state index in [0.29, 0.717) is 17.9 Å². The van der Waals surface area contributed by atoms with Crippen molar-refractivity contribution in [2.75, 3.05) is 6.61 Å². The van der Waals surface area contributed by atoms with Crippen LogP contribution in [0.15, 0.2) is 30.6 Å². The summed E-state index contributed by atoms with van der Waals surface area (Å²) in [6.07, 6.45) is 3.51. The third-order valence-corrected chi connectivity index (χ3v) is 2.35. The minimum absolute atomic E-state index is 0.262. The first-order valence-corrected chi connectivity index (χ1v) is 5.68. The van der Waals surface area contributed by atoms with Gasteiger partial charge in [0.05, 0.1) is 6.20 Å². The fourth-order valence-electron chi connectivity index (χ4n) is 1.57. The number of benzene rings is 1. The quantitative estimate of drug-likeness (QED) is 0.850. The van der Waals surface area contributed by atoms with Gasteiger partial charge in [0, 0.05) is 30.4 Å². The van der Waals surface area contributed by atoms with Gasteiger partial charge in [-0.15, -0.1) is 0 Å². The minimum atomic E-state index is -0.425. The van der Waals surface area contributed by atoms with Crippen molar-refractivity contribution < 1.29 is 14.2 Å². The Balaban J connectivity index is 2.09. The molecule has 1 aromatic carbocycles. The minimum Gasteiger partial charge on any atom is -0.489 e. The Morgan fingerprint density at radius 2 is 2.26 bits per heavy atom. The second kappa shape index (κ2) is 6.03. The standard InChI is InChI=1S/C14H13FN2O2/c1-17-9-12(8-16-17)10-19-14-6-11(3-2-4-18)5-13(15)7-14/h5-9,18H,4,10H2,1H3. The van der Waals surface area contributed by atoms with E-state index in [2.05, 4.69) is 16.9 Å². The molecule has 0 aliphatic carbocycles. The van der Waals surface area contributed by atoms with Crippen LogP contribution in [-0.4, -0.2) is 21.5 Å². The van der Waals surface area contributed by atoms with E-state index in [1.54, 1.807) is 16.9 Å². The van der Waals surface area contributed by atoms with E-state index < -0.39 is 5.82 Å². The fraction of sp³-hybridized carbons (Fsp3) is 0.214. The molecule has 2 rings (SSSR count). The molecule has 2 aromatic rings. The molecule has 1 N–H and O–H groups in total. The van der Waals surface area contributed by atoms with Crippen molar-refractivity contribution in [2.45, 2.75) is 6.61 Å². The van der Waals surface area contributed by atoms with E-state index >= 15 is 0 Å². The Labute approximate surface area is 110 Å². The lowest BCUT2D eigenvalue weighted by Gasteiger charge is -2.05. The summed E-state index contributed by atoms with van der Waals surface area (Å²) in [5.74, 6) is 5.08. The zero-order valence-corrected chi connectivity index (χ0v) is 10.4. The molecule has 0 unspecified atom stereocenters. The lowest BCUT2D eigenvalue weighted by Crippen LogP contribution is -1.95. The Bertz CT molecular complexity index is 626. The van der Waals surface area contributed by atoms with Crippen molar-refractivity contribution in [3.05, 3.63) is 47.5 Å². The average molecular weight is 260 g/mol. The van der Waals surface area contributed by atoms with Crippen molar-refractivity contribution in [3.63, 3.8) is 0 Å². The number of rotatable bonds is 3. The van der Waals surface area contributed by atoms with Crippen molar-refractivity contribution in [2.24, 2.45) is 7.05 Å². The zero-order valence-electron chi connectivity index (χ0n) is 10.4. The molecule has 0 fully saturated rings. The second-order valence-electron chi connectivity index (χ2n) is 3.95. The maximum Gasteiger partial charge on any atom is 0.128 e. The number of aliphatic hydroxyl groups is 1. The van der Waals surface area contributed by atoms with E-state index in [1.807, 2.05) is 13.2 Å². The van der Waals surface area contributed by atoms with Gasteiger partial charge in [-0.2, -0.15) is 5.10 Å². The van der Waals surface area contributed by atoms with Crippen LogP contribution in [0.3, 0.4) is 0 Å². The van der Waals surface area contributed by atoms with Crippen LogP contribution in [0.25, 0.3) is 0 Å². The van der Waals surface area contributed by atoms with E-state index in [4.69, 9.17) is 9.84 Å². The molecule has 0 aliphatic heterocycles. The van der Waals surface area contributed by atoms with E-state index in [0.717, 1.165) is 5.56 Å². The topological polar surface area (TPSA) is 47.3 Å².